The minimum Gasteiger partial charge on any atom is -0.384 e. The van der Waals surface area contributed by atoms with Gasteiger partial charge in [-0.2, -0.15) is 0 Å². The van der Waals surface area contributed by atoms with E-state index in [1.807, 2.05) is 36.1 Å². The number of rotatable bonds is 4. The summed E-state index contributed by atoms with van der Waals surface area (Å²) in [6.07, 6.45) is 0. The SMILES string of the molecule is Cc1cc(N)nc(SCC(=O)N2Cc3ccccc3[C@H](c3ccccc3)C2)n1. The minimum absolute atomic E-state index is 0.0871. The first-order valence-corrected chi connectivity index (χ1v) is 10.2. The van der Waals surface area contributed by atoms with Crippen molar-refractivity contribution in [3.8, 4) is 0 Å². The second-order valence-electron chi connectivity index (χ2n) is 6.94. The van der Waals surface area contributed by atoms with E-state index >= 15 is 0 Å². The summed E-state index contributed by atoms with van der Waals surface area (Å²) in [5, 5.41) is 0.544. The van der Waals surface area contributed by atoms with Crippen LogP contribution in [0.3, 0.4) is 0 Å². The van der Waals surface area contributed by atoms with E-state index in [-0.39, 0.29) is 11.8 Å². The van der Waals surface area contributed by atoms with Crippen molar-refractivity contribution >= 4 is 23.5 Å². The van der Waals surface area contributed by atoms with Crippen molar-refractivity contribution in [2.75, 3.05) is 18.0 Å². The van der Waals surface area contributed by atoms with Crippen molar-refractivity contribution in [1.82, 2.24) is 14.9 Å². The topological polar surface area (TPSA) is 72.1 Å². The normalized spacial score (nSPS) is 15.9. The van der Waals surface area contributed by atoms with Crippen LogP contribution in [-0.2, 0) is 11.3 Å². The molecule has 1 aromatic heterocycles. The Morgan fingerprint density at radius 2 is 1.89 bits per heavy atom. The van der Waals surface area contributed by atoms with E-state index < -0.39 is 0 Å². The van der Waals surface area contributed by atoms with Crippen LogP contribution in [0.1, 0.15) is 28.3 Å². The first-order valence-electron chi connectivity index (χ1n) is 9.24. The second-order valence-corrected chi connectivity index (χ2v) is 7.88. The van der Waals surface area contributed by atoms with Crippen molar-refractivity contribution in [3.63, 3.8) is 0 Å². The summed E-state index contributed by atoms with van der Waals surface area (Å²) in [5.41, 5.74) is 10.3. The van der Waals surface area contributed by atoms with Gasteiger partial charge >= 0.3 is 0 Å². The van der Waals surface area contributed by atoms with E-state index in [1.54, 1.807) is 6.07 Å². The molecule has 0 aliphatic carbocycles. The summed E-state index contributed by atoms with van der Waals surface area (Å²) in [6.45, 7) is 3.18. The molecular formula is C22H22N4OS. The van der Waals surface area contributed by atoms with Crippen LogP contribution in [0.2, 0.25) is 0 Å². The summed E-state index contributed by atoms with van der Waals surface area (Å²) >= 11 is 1.34. The number of hydrogen-bond donors (Lipinski definition) is 1. The zero-order valence-corrected chi connectivity index (χ0v) is 16.5. The molecular weight excluding hydrogens is 368 g/mol. The van der Waals surface area contributed by atoms with E-state index in [4.69, 9.17) is 5.73 Å². The van der Waals surface area contributed by atoms with Gasteiger partial charge in [-0.25, -0.2) is 9.97 Å². The molecule has 28 heavy (non-hydrogen) atoms. The molecule has 0 bridgehead atoms. The fourth-order valence-electron chi connectivity index (χ4n) is 3.61. The van der Waals surface area contributed by atoms with Crippen LogP contribution < -0.4 is 5.73 Å². The lowest BCUT2D eigenvalue weighted by Gasteiger charge is -2.35. The van der Waals surface area contributed by atoms with Crippen LogP contribution in [0, 0.1) is 6.92 Å². The number of nitrogens with zero attached hydrogens (tertiary/aromatic N) is 3. The number of carbonyl (C=O) groups excluding carboxylic acids is 1. The van der Waals surface area contributed by atoms with Crippen LogP contribution in [0.25, 0.3) is 0 Å². The van der Waals surface area contributed by atoms with E-state index in [9.17, 15) is 4.79 Å². The molecule has 1 atom stereocenters. The highest BCUT2D eigenvalue weighted by molar-refractivity contribution is 7.99. The highest BCUT2D eigenvalue weighted by Crippen LogP contribution is 2.33. The number of anilines is 1. The summed E-state index contributed by atoms with van der Waals surface area (Å²) in [6, 6.07) is 20.5. The summed E-state index contributed by atoms with van der Waals surface area (Å²) < 4.78 is 0. The smallest absolute Gasteiger partial charge is 0.233 e. The maximum absolute atomic E-state index is 12.9. The standard InChI is InChI=1S/C22H22N4OS/c1-15-11-20(23)25-22(24-15)28-14-21(27)26-12-17-9-5-6-10-18(17)19(13-26)16-7-3-2-4-8-16/h2-11,19H,12-14H2,1H3,(H2,23,24,25)/t19-/m0/s1. The largest absolute Gasteiger partial charge is 0.384 e. The average Bonchev–Trinajstić information content (AvgIpc) is 2.71. The number of fused-ring (bicyclic) bond motifs is 1. The molecule has 6 heteroatoms. The summed E-state index contributed by atoms with van der Waals surface area (Å²) in [5.74, 6) is 1.00. The first-order chi connectivity index (χ1) is 13.6. The fourth-order valence-corrected chi connectivity index (χ4v) is 4.43. The van der Waals surface area contributed by atoms with E-state index in [1.165, 1.54) is 28.5 Å². The van der Waals surface area contributed by atoms with Crippen LogP contribution >= 0.6 is 11.8 Å². The van der Waals surface area contributed by atoms with Crippen molar-refractivity contribution in [2.45, 2.75) is 24.5 Å². The van der Waals surface area contributed by atoms with Crippen LogP contribution in [0.4, 0.5) is 5.82 Å². The lowest BCUT2D eigenvalue weighted by Crippen LogP contribution is -2.39. The second kappa shape index (κ2) is 8.02. The van der Waals surface area contributed by atoms with Gasteiger partial charge in [-0.1, -0.05) is 66.4 Å². The van der Waals surface area contributed by atoms with Crippen LogP contribution in [-0.4, -0.2) is 33.1 Å². The van der Waals surface area contributed by atoms with Crippen molar-refractivity contribution in [1.29, 1.82) is 0 Å². The molecule has 2 aromatic carbocycles. The minimum atomic E-state index is 0.0871. The summed E-state index contributed by atoms with van der Waals surface area (Å²) in [7, 11) is 0. The maximum Gasteiger partial charge on any atom is 0.233 e. The molecule has 0 saturated carbocycles. The van der Waals surface area contributed by atoms with Crippen LogP contribution in [0.5, 0.6) is 0 Å². The molecule has 0 fully saturated rings. The van der Waals surface area contributed by atoms with Gasteiger partial charge in [-0.3, -0.25) is 4.79 Å². The van der Waals surface area contributed by atoms with Gasteiger partial charge in [0, 0.05) is 30.8 Å². The van der Waals surface area contributed by atoms with E-state index in [2.05, 4.69) is 40.3 Å². The lowest BCUT2D eigenvalue weighted by molar-refractivity contribution is -0.129. The highest BCUT2D eigenvalue weighted by Gasteiger charge is 2.28. The number of aryl methyl sites for hydroxylation is 1. The Labute approximate surface area is 169 Å². The molecule has 1 aliphatic rings. The molecule has 0 radical (unpaired) electrons. The molecule has 1 aliphatic heterocycles. The quantitative estimate of drug-likeness (QED) is 0.544. The van der Waals surface area contributed by atoms with Crippen molar-refractivity contribution in [3.05, 3.63) is 83.0 Å². The number of aromatic nitrogens is 2. The van der Waals surface area contributed by atoms with Crippen molar-refractivity contribution < 1.29 is 4.79 Å². The van der Waals surface area contributed by atoms with Gasteiger partial charge in [0.1, 0.15) is 5.82 Å². The Morgan fingerprint density at radius 3 is 2.68 bits per heavy atom. The lowest BCUT2D eigenvalue weighted by atomic mass is 9.85. The first kappa shape index (κ1) is 18.5. The number of nitrogens with two attached hydrogens (primary N) is 1. The molecule has 0 unspecified atom stereocenters. The number of carbonyl (C=O) groups is 1. The average molecular weight is 391 g/mol. The number of benzene rings is 2. The molecule has 0 saturated heterocycles. The van der Waals surface area contributed by atoms with Gasteiger partial charge < -0.3 is 10.6 Å². The molecule has 3 aromatic rings. The van der Waals surface area contributed by atoms with Crippen LogP contribution in [0.15, 0.2) is 65.8 Å². The zero-order valence-electron chi connectivity index (χ0n) is 15.7. The maximum atomic E-state index is 12.9. The third-order valence-corrected chi connectivity index (χ3v) is 5.76. The fraction of sp³-hybridized carbons (Fsp3) is 0.227. The molecule has 2 heterocycles. The van der Waals surface area contributed by atoms with Gasteiger partial charge in [-0.15, -0.1) is 0 Å². The number of hydrogen-bond acceptors (Lipinski definition) is 5. The Balaban J connectivity index is 1.53. The predicted octanol–water partition coefficient (Wildman–Crippen LogP) is 3.63. The van der Waals surface area contributed by atoms with Gasteiger partial charge in [-0.05, 0) is 23.6 Å². The molecule has 0 spiro atoms. The Bertz CT molecular complexity index is 973. The van der Waals surface area contributed by atoms with Gasteiger partial charge in [0.05, 0.1) is 5.75 Å². The molecule has 2 N–H and O–H groups in total. The third kappa shape index (κ3) is 4.02. The zero-order chi connectivity index (χ0) is 19.5. The summed E-state index contributed by atoms with van der Waals surface area (Å²) in [4.78, 5) is 23.4. The van der Waals surface area contributed by atoms with Gasteiger partial charge in [0.15, 0.2) is 5.16 Å². The number of amides is 1. The predicted molar refractivity (Wildman–Crippen MR) is 112 cm³/mol. The van der Waals surface area contributed by atoms with E-state index in [0.717, 1.165) is 5.69 Å². The van der Waals surface area contributed by atoms with Gasteiger partial charge in [0.25, 0.3) is 0 Å². The number of nitrogen functional groups attached to an aromatic ring is 1. The molecule has 4 rings (SSSR count). The molecule has 142 valence electrons. The molecule has 5 nitrogen and oxygen atoms in total. The number of thioether (sulfide) groups is 1. The monoisotopic (exact) mass is 390 g/mol. The van der Waals surface area contributed by atoms with E-state index in [0.29, 0.717) is 29.8 Å². The Morgan fingerprint density at radius 1 is 1.14 bits per heavy atom. The third-order valence-electron chi connectivity index (χ3n) is 4.93. The van der Waals surface area contributed by atoms with Crippen molar-refractivity contribution in [2.24, 2.45) is 0 Å². The highest BCUT2D eigenvalue weighted by atomic mass is 32.2. The van der Waals surface area contributed by atoms with Gasteiger partial charge in [0.2, 0.25) is 5.91 Å². The Hall–Kier alpha value is -2.86. The molecule has 1 amide bonds. The Kier molecular flexibility index (Phi) is 5.30.